The number of halogens is 2. The largest absolute Gasteiger partial charge is 0.444 e. The van der Waals surface area contributed by atoms with E-state index in [1.165, 1.54) is 5.56 Å². The summed E-state index contributed by atoms with van der Waals surface area (Å²) >= 11 is 12.4. The Morgan fingerprint density at radius 1 is 1.21 bits per heavy atom. The highest BCUT2D eigenvalue weighted by molar-refractivity contribution is 6.42. The van der Waals surface area contributed by atoms with Gasteiger partial charge in [-0.05, 0) is 70.6 Å². The fourth-order valence-corrected chi connectivity index (χ4v) is 5.75. The van der Waals surface area contributed by atoms with Gasteiger partial charge in [0.25, 0.3) is 0 Å². The van der Waals surface area contributed by atoms with E-state index in [0.29, 0.717) is 29.1 Å². The molecule has 152 valence electrons. The molecule has 1 aliphatic heterocycles. The minimum atomic E-state index is -0.520. The number of Topliss-reactive ketones (excluding diaryl/α,β-unsaturated/α-hetero) is 1. The number of likely N-dealkylation sites (tertiary alicyclic amines) is 1. The van der Waals surface area contributed by atoms with E-state index in [9.17, 15) is 9.59 Å². The first kappa shape index (κ1) is 20.0. The van der Waals surface area contributed by atoms with Crippen molar-refractivity contribution in [1.82, 2.24) is 4.90 Å². The van der Waals surface area contributed by atoms with Gasteiger partial charge >= 0.3 is 6.09 Å². The lowest BCUT2D eigenvalue weighted by Gasteiger charge is -2.39. The van der Waals surface area contributed by atoms with Crippen LogP contribution in [0.25, 0.3) is 0 Å². The summed E-state index contributed by atoms with van der Waals surface area (Å²) in [4.78, 5) is 26.6. The second kappa shape index (κ2) is 6.37. The Kier molecular flexibility index (Phi) is 4.56. The van der Waals surface area contributed by atoms with Gasteiger partial charge in [0.15, 0.2) is 0 Å². The first-order valence-corrected chi connectivity index (χ1v) is 10.7. The minimum Gasteiger partial charge on any atom is -0.444 e. The van der Waals surface area contributed by atoms with E-state index in [4.69, 9.17) is 27.9 Å². The van der Waals surface area contributed by atoms with Crippen molar-refractivity contribution < 1.29 is 14.3 Å². The van der Waals surface area contributed by atoms with Crippen molar-refractivity contribution in [2.75, 3.05) is 13.1 Å². The lowest BCUT2D eigenvalue weighted by Crippen LogP contribution is -2.47. The van der Waals surface area contributed by atoms with Crippen LogP contribution in [0.5, 0.6) is 0 Å². The maximum atomic E-state index is 12.7. The number of ether oxygens (including phenoxy) is 1. The van der Waals surface area contributed by atoms with Crippen molar-refractivity contribution in [2.24, 2.45) is 17.3 Å². The summed E-state index contributed by atoms with van der Waals surface area (Å²) in [6, 6.07) is 5.89. The van der Waals surface area contributed by atoms with Crippen LogP contribution in [-0.4, -0.2) is 35.5 Å². The number of hydrogen-bond donors (Lipinski definition) is 0. The van der Waals surface area contributed by atoms with Crippen LogP contribution < -0.4 is 0 Å². The van der Waals surface area contributed by atoms with E-state index >= 15 is 0 Å². The molecular formula is C22H27Cl2NO3. The number of carbonyl (C=O) groups is 2. The van der Waals surface area contributed by atoms with Gasteiger partial charge < -0.3 is 9.64 Å². The SMILES string of the molecule is CC(=O)C1CC1C12CN(C(=O)OC(C)(C)C)CCC1(c1ccc(Cl)c(Cl)c1)C2. The van der Waals surface area contributed by atoms with Gasteiger partial charge in [0, 0.05) is 29.8 Å². The second-order valence-corrected chi connectivity index (χ2v) is 10.6. The summed E-state index contributed by atoms with van der Waals surface area (Å²) in [5.41, 5.74) is 0.553. The number of fused-ring (bicyclic) bond motifs is 1. The number of ketones is 1. The Morgan fingerprint density at radius 3 is 2.50 bits per heavy atom. The van der Waals surface area contributed by atoms with Gasteiger partial charge in [-0.2, -0.15) is 0 Å². The highest BCUT2D eigenvalue weighted by atomic mass is 35.5. The van der Waals surface area contributed by atoms with Crippen LogP contribution in [0.4, 0.5) is 4.79 Å². The zero-order valence-corrected chi connectivity index (χ0v) is 18.4. The standard InChI is InChI=1S/C22H27Cl2NO3/c1-13(26)15-10-16(15)22-11-21(22,14-5-6-17(23)18(24)9-14)7-8-25(12-22)19(27)28-20(2,3)4/h5-6,9,15-16H,7-8,10-12H2,1-4H3. The minimum absolute atomic E-state index is 0.0331. The molecule has 3 aliphatic rings. The van der Waals surface area contributed by atoms with E-state index in [1.807, 2.05) is 37.8 Å². The van der Waals surface area contributed by atoms with Crippen LogP contribution >= 0.6 is 23.2 Å². The van der Waals surface area contributed by atoms with Crippen molar-refractivity contribution in [2.45, 2.75) is 58.0 Å². The van der Waals surface area contributed by atoms with Gasteiger partial charge in [-0.25, -0.2) is 4.79 Å². The van der Waals surface area contributed by atoms with Crippen molar-refractivity contribution in [3.63, 3.8) is 0 Å². The molecule has 4 atom stereocenters. The zero-order valence-electron chi connectivity index (χ0n) is 16.9. The summed E-state index contributed by atoms with van der Waals surface area (Å²) in [6.07, 6.45) is 2.49. The van der Waals surface area contributed by atoms with Gasteiger partial charge in [-0.3, -0.25) is 4.79 Å². The Bertz CT molecular complexity index is 849. The first-order valence-electron chi connectivity index (χ1n) is 9.93. The predicted molar refractivity (Wildman–Crippen MR) is 110 cm³/mol. The Hall–Kier alpha value is -1.26. The molecule has 0 spiro atoms. The maximum absolute atomic E-state index is 12.7. The zero-order chi connectivity index (χ0) is 20.5. The van der Waals surface area contributed by atoms with Crippen LogP contribution in [-0.2, 0) is 14.9 Å². The molecule has 0 aromatic heterocycles. The van der Waals surface area contributed by atoms with Gasteiger partial charge in [0.1, 0.15) is 11.4 Å². The molecule has 6 heteroatoms. The molecule has 3 fully saturated rings. The Balaban J connectivity index is 1.64. The molecule has 2 aliphatic carbocycles. The number of hydrogen-bond acceptors (Lipinski definition) is 3. The summed E-state index contributed by atoms with van der Waals surface area (Å²) in [6.45, 7) is 8.61. The van der Waals surface area contributed by atoms with E-state index < -0.39 is 5.60 Å². The molecule has 2 saturated carbocycles. The number of carbonyl (C=O) groups excluding carboxylic acids is 2. The third-order valence-corrected chi connectivity index (χ3v) is 7.61. The monoisotopic (exact) mass is 423 g/mol. The molecule has 0 bridgehead atoms. The topological polar surface area (TPSA) is 46.6 Å². The van der Waals surface area contributed by atoms with Crippen LogP contribution in [0.1, 0.15) is 52.5 Å². The van der Waals surface area contributed by atoms with Gasteiger partial charge in [-0.15, -0.1) is 0 Å². The Labute approximate surface area is 176 Å². The molecule has 1 amide bonds. The third kappa shape index (κ3) is 3.13. The molecule has 4 unspecified atom stereocenters. The molecule has 1 aromatic carbocycles. The summed E-state index contributed by atoms with van der Waals surface area (Å²) in [5.74, 6) is 0.691. The maximum Gasteiger partial charge on any atom is 0.410 e. The summed E-state index contributed by atoms with van der Waals surface area (Å²) < 4.78 is 5.62. The van der Waals surface area contributed by atoms with E-state index in [1.54, 1.807) is 6.92 Å². The molecule has 0 radical (unpaired) electrons. The van der Waals surface area contributed by atoms with Crippen molar-refractivity contribution in [3.05, 3.63) is 33.8 Å². The predicted octanol–water partition coefficient (Wildman–Crippen LogP) is 5.49. The molecule has 0 N–H and O–H groups in total. The van der Waals surface area contributed by atoms with Crippen LogP contribution in [0.2, 0.25) is 10.0 Å². The molecule has 1 aromatic rings. The molecule has 28 heavy (non-hydrogen) atoms. The highest BCUT2D eigenvalue weighted by Crippen LogP contribution is 2.78. The fourth-order valence-electron chi connectivity index (χ4n) is 5.45. The molecule has 1 heterocycles. The second-order valence-electron chi connectivity index (χ2n) is 9.76. The third-order valence-electron chi connectivity index (χ3n) is 6.87. The number of nitrogens with zero attached hydrogens (tertiary/aromatic N) is 1. The lowest BCUT2D eigenvalue weighted by atomic mass is 9.77. The lowest BCUT2D eigenvalue weighted by molar-refractivity contribution is -0.118. The quantitative estimate of drug-likeness (QED) is 0.645. The highest BCUT2D eigenvalue weighted by Gasteiger charge is 2.77. The number of rotatable bonds is 3. The first-order chi connectivity index (χ1) is 13.0. The summed E-state index contributed by atoms with van der Waals surface area (Å²) in [7, 11) is 0. The molecule has 1 saturated heterocycles. The van der Waals surface area contributed by atoms with Crippen molar-refractivity contribution >= 4 is 35.1 Å². The van der Waals surface area contributed by atoms with E-state index in [2.05, 4.69) is 6.07 Å². The van der Waals surface area contributed by atoms with Crippen LogP contribution in [0.15, 0.2) is 18.2 Å². The Morgan fingerprint density at radius 2 is 1.93 bits per heavy atom. The molecular weight excluding hydrogens is 397 g/mol. The normalized spacial score (nSPS) is 33.9. The smallest absolute Gasteiger partial charge is 0.410 e. The van der Waals surface area contributed by atoms with Gasteiger partial charge in [0.2, 0.25) is 0 Å². The average molecular weight is 424 g/mol. The number of piperidine rings is 1. The number of benzene rings is 1. The molecule has 4 nitrogen and oxygen atoms in total. The van der Waals surface area contributed by atoms with Crippen molar-refractivity contribution in [3.8, 4) is 0 Å². The van der Waals surface area contributed by atoms with Gasteiger partial charge in [-0.1, -0.05) is 29.3 Å². The van der Waals surface area contributed by atoms with Crippen molar-refractivity contribution in [1.29, 1.82) is 0 Å². The van der Waals surface area contributed by atoms with Crippen LogP contribution in [0, 0.1) is 17.3 Å². The average Bonchev–Trinajstić information content (AvgIpc) is 3.47. The fraction of sp³-hybridized carbons (Fsp3) is 0.636. The summed E-state index contributed by atoms with van der Waals surface area (Å²) in [5, 5.41) is 1.11. The molecule has 4 rings (SSSR count). The van der Waals surface area contributed by atoms with E-state index in [0.717, 1.165) is 19.3 Å². The van der Waals surface area contributed by atoms with Crippen LogP contribution in [0.3, 0.4) is 0 Å². The van der Waals surface area contributed by atoms with E-state index in [-0.39, 0.29) is 28.6 Å². The number of amides is 1. The van der Waals surface area contributed by atoms with Gasteiger partial charge in [0.05, 0.1) is 10.0 Å².